The van der Waals surface area contributed by atoms with Crippen LogP contribution in [0.25, 0.3) is 0 Å². The highest BCUT2D eigenvalue weighted by Crippen LogP contribution is 2.26. The summed E-state index contributed by atoms with van der Waals surface area (Å²) in [4.78, 5) is 8.40. The number of ether oxygens (including phenoxy) is 1. The maximum absolute atomic E-state index is 5.69. The fraction of sp³-hybridized carbons (Fsp3) is 0.333. The van der Waals surface area contributed by atoms with Crippen LogP contribution in [0.3, 0.4) is 0 Å². The van der Waals surface area contributed by atoms with Crippen LogP contribution in [0.4, 0.5) is 5.69 Å². The van der Waals surface area contributed by atoms with E-state index < -0.39 is 0 Å². The molecular formula is C15H19N3O. The van der Waals surface area contributed by atoms with E-state index in [0.717, 1.165) is 11.3 Å². The number of nitrogens with zero attached hydrogens (tertiary/aromatic N) is 2. The smallest absolute Gasteiger partial charge is 0.237 e. The molecule has 2 aromatic rings. The Morgan fingerprint density at radius 1 is 1.11 bits per heavy atom. The normalized spacial score (nSPS) is 12.2. The van der Waals surface area contributed by atoms with Crippen molar-refractivity contribution in [3.63, 3.8) is 0 Å². The Morgan fingerprint density at radius 2 is 1.89 bits per heavy atom. The lowest BCUT2D eigenvalue weighted by molar-refractivity contribution is 0.234. The Balaban J connectivity index is 2.15. The SMILES string of the molecule is CC(C)Oc1ncccc1NC(C)c1cccnc1. The standard InChI is InChI=1S/C15H19N3O/c1-11(2)19-15-14(7-5-9-17-15)18-12(3)13-6-4-8-16-10-13/h4-12,18H,1-3H3. The molecule has 2 aromatic heterocycles. The van der Waals surface area contributed by atoms with Crippen LogP contribution in [0.15, 0.2) is 42.9 Å². The van der Waals surface area contributed by atoms with Crippen molar-refractivity contribution in [2.24, 2.45) is 0 Å². The molecule has 0 aliphatic heterocycles. The van der Waals surface area contributed by atoms with Gasteiger partial charge in [-0.3, -0.25) is 4.98 Å². The van der Waals surface area contributed by atoms with Crippen molar-refractivity contribution in [3.05, 3.63) is 48.4 Å². The minimum Gasteiger partial charge on any atom is -0.473 e. The number of hydrogen-bond donors (Lipinski definition) is 1. The summed E-state index contributed by atoms with van der Waals surface area (Å²) in [6.07, 6.45) is 5.46. The first-order chi connectivity index (χ1) is 9.16. The maximum atomic E-state index is 5.69. The van der Waals surface area contributed by atoms with Crippen LogP contribution in [-0.2, 0) is 0 Å². The van der Waals surface area contributed by atoms with Gasteiger partial charge in [0.1, 0.15) is 0 Å². The average molecular weight is 257 g/mol. The second kappa shape index (κ2) is 6.18. The summed E-state index contributed by atoms with van der Waals surface area (Å²) >= 11 is 0. The van der Waals surface area contributed by atoms with E-state index in [1.807, 2.05) is 44.3 Å². The number of nitrogens with one attached hydrogen (secondary N) is 1. The van der Waals surface area contributed by atoms with E-state index in [1.165, 1.54) is 0 Å². The first-order valence-electron chi connectivity index (χ1n) is 6.45. The zero-order valence-corrected chi connectivity index (χ0v) is 11.5. The highest BCUT2D eigenvalue weighted by molar-refractivity contribution is 5.53. The van der Waals surface area contributed by atoms with E-state index in [4.69, 9.17) is 4.74 Å². The van der Waals surface area contributed by atoms with Crippen LogP contribution in [-0.4, -0.2) is 16.1 Å². The summed E-state index contributed by atoms with van der Waals surface area (Å²) in [6.45, 7) is 6.06. The first kappa shape index (κ1) is 13.3. The Hall–Kier alpha value is -2.10. The monoisotopic (exact) mass is 257 g/mol. The predicted molar refractivity (Wildman–Crippen MR) is 76.3 cm³/mol. The molecule has 0 amide bonds. The topological polar surface area (TPSA) is 47.0 Å². The summed E-state index contributed by atoms with van der Waals surface area (Å²) in [6, 6.07) is 7.99. The van der Waals surface area contributed by atoms with E-state index in [-0.39, 0.29) is 12.1 Å². The largest absolute Gasteiger partial charge is 0.473 e. The van der Waals surface area contributed by atoms with Crippen LogP contribution in [0, 0.1) is 0 Å². The molecule has 1 unspecified atom stereocenters. The lowest BCUT2D eigenvalue weighted by Crippen LogP contribution is -2.12. The molecule has 0 bridgehead atoms. The van der Waals surface area contributed by atoms with Crippen LogP contribution in [0.2, 0.25) is 0 Å². The van der Waals surface area contributed by atoms with Crippen molar-refractivity contribution in [2.75, 3.05) is 5.32 Å². The molecule has 4 heteroatoms. The van der Waals surface area contributed by atoms with Gasteiger partial charge in [-0.1, -0.05) is 6.07 Å². The fourth-order valence-corrected chi connectivity index (χ4v) is 1.77. The average Bonchev–Trinajstić information content (AvgIpc) is 2.41. The van der Waals surface area contributed by atoms with Gasteiger partial charge in [-0.25, -0.2) is 4.98 Å². The lowest BCUT2D eigenvalue weighted by atomic mass is 10.1. The summed E-state index contributed by atoms with van der Waals surface area (Å²) in [5.41, 5.74) is 2.02. The fourth-order valence-electron chi connectivity index (χ4n) is 1.77. The van der Waals surface area contributed by atoms with Crippen molar-refractivity contribution in [3.8, 4) is 5.88 Å². The minimum atomic E-state index is 0.101. The summed E-state index contributed by atoms with van der Waals surface area (Å²) in [7, 11) is 0. The third kappa shape index (κ3) is 3.68. The van der Waals surface area contributed by atoms with Gasteiger partial charge in [-0.2, -0.15) is 0 Å². The Morgan fingerprint density at radius 3 is 2.58 bits per heavy atom. The van der Waals surface area contributed by atoms with Gasteiger partial charge >= 0.3 is 0 Å². The van der Waals surface area contributed by atoms with Gasteiger partial charge < -0.3 is 10.1 Å². The molecule has 0 saturated carbocycles. The van der Waals surface area contributed by atoms with Gasteiger partial charge in [0.05, 0.1) is 17.8 Å². The van der Waals surface area contributed by atoms with Gasteiger partial charge in [0.15, 0.2) is 0 Å². The molecule has 4 nitrogen and oxygen atoms in total. The van der Waals surface area contributed by atoms with Gasteiger partial charge in [-0.15, -0.1) is 0 Å². The van der Waals surface area contributed by atoms with Crippen molar-refractivity contribution in [1.82, 2.24) is 9.97 Å². The first-order valence-corrected chi connectivity index (χ1v) is 6.45. The number of aromatic nitrogens is 2. The second-order valence-electron chi connectivity index (χ2n) is 4.68. The van der Waals surface area contributed by atoms with E-state index in [9.17, 15) is 0 Å². The molecule has 1 N–H and O–H groups in total. The Bertz CT molecular complexity index is 514. The molecular weight excluding hydrogens is 238 g/mol. The van der Waals surface area contributed by atoms with Crippen molar-refractivity contribution in [2.45, 2.75) is 32.9 Å². The quantitative estimate of drug-likeness (QED) is 0.891. The molecule has 0 spiro atoms. The molecule has 0 saturated heterocycles. The molecule has 0 aliphatic rings. The molecule has 2 rings (SSSR count). The van der Waals surface area contributed by atoms with Gasteiger partial charge in [0.25, 0.3) is 0 Å². The zero-order valence-electron chi connectivity index (χ0n) is 11.5. The second-order valence-corrected chi connectivity index (χ2v) is 4.68. The minimum absolute atomic E-state index is 0.101. The number of anilines is 1. The van der Waals surface area contributed by atoms with E-state index in [2.05, 4.69) is 22.2 Å². The van der Waals surface area contributed by atoms with E-state index in [1.54, 1.807) is 12.4 Å². The molecule has 100 valence electrons. The highest BCUT2D eigenvalue weighted by atomic mass is 16.5. The van der Waals surface area contributed by atoms with Crippen LogP contribution >= 0.6 is 0 Å². The van der Waals surface area contributed by atoms with Crippen molar-refractivity contribution < 1.29 is 4.74 Å². The number of hydrogen-bond acceptors (Lipinski definition) is 4. The summed E-state index contributed by atoms with van der Waals surface area (Å²) in [5.74, 6) is 0.633. The third-order valence-corrected chi connectivity index (χ3v) is 2.67. The van der Waals surface area contributed by atoms with Gasteiger partial charge in [0, 0.05) is 18.6 Å². The van der Waals surface area contributed by atoms with Gasteiger partial charge in [0.2, 0.25) is 5.88 Å². The van der Waals surface area contributed by atoms with Gasteiger partial charge in [-0.05, 0) is 44.5 Å². The molecule has 2 heterocycles. The van der Waals surface area contributed by atoms with Crippen molar-refractivity contribution in [1.29, 1.82) is 0 Å². The molecule has 0 aromatic carbocycles. The maximum Gasteiger partial charge on any atom is 0.237 e. The third-order valence-electron chi connectivity index (χ3n) is 2.67. The molecule has 1 atom stereocenters. The van der Waals surface area contributed by atoms with Crippen LogP contribution < -0.4 is 10.1 Å². The molecule has 0 fully saturated rings. The Labute approximate surface area is 113 Å². The molecule has 19 heavy (non-hydrogen) atoms. The predicted octanol–water partition coefficient (Wildman–Crippen LogP) is 3.44. The highest BCUT2D eigenvalue weighted by Gasteiger charge is 2.10. The Kier molecular flexibility index (Phi) is 4.34. The zero-order chi connectivity index (χ0) is 13.7. The van der Waals surface area contributed by atoms with E-state index in [0.29, 0.717) is 5.88 Å². The molecule has 0 aliphatic carbocycles. The lowest BCUT2D eigenvalue weighted by Gasteiger charge is -2.18. The van der Waals surface area contributed by atoms with Crippen LogP contribution in [0.5, 0.6) is 5.88 Å². The van der Waals surface area contributed by atoms with E-state index >= 15 is 0 Å². The molecule has 0 radical (unpaired) electrons. The van der Waals surface area contributed by atoms with Crippen LogP contribution in [0.1, 0.15) is 32.4 Å². The summed E-state index contributed by atoms with van der Waals surface area (Å²) < 4.78 is 5.69. The number of rotatable bonds is 5. The summed E-state index contributed by atoms with van der Waals surface area (Å²) in [5, 5.41) is 3.40. The van der Waals surface area contributed by atoms with Crippen molar-refractivity contribution >= 4 is 5.69 Å². The number of pyridine rings is 2.